The third-order valence-corrected chi connectivity index (χ3v) is 4.84. The summed E-state index contributed by atoms with van der Waals surface area (Å²) in [5.74, 6) is -0.602. The summed E-state index contributed by atoms with van der Waals surface area (Å²) in [6.45, 7) is 5.30. The van der Waals surface area contributed by atoms with Crippen LogP contribution in [0.15, 0.2) is 24.5 Å². The van der Waals surface area contributed by atoms with Crippen LogP contribution in [0, 0.1) is 19.7 Å². The molecule has 0 saturated carbocycles. The van der Waals surface area contributed by atoms with Crippen LogP contribution in [0.5, 0.6) is 0 Å². The van der Waals surface area contributed by atoms with Gasteiger partial charge in [-0.3, -0.25) is 9.48 Å². The Kier molecular flexibility index (Phi) is 3.78. The van der Waals surface area contributed by atoms with E-state index in [1.807, 2.05) is 29.5 Å². The van der Waals surface area contributed by atoms with Gasteiger partial charge in [0.1, 0.15) is 11.3 Å². The normalized spacial score (nSPS) is 17.6. The van der Waals surface area contributed by atoms with E-state index in [1.165, 1.54) is 18.5 Å². The Hall–Kier alpha value is -2.70. The van der Waals surface area contributed by atoms with Crippen LogP contribution in [0.25, 0.3) is 11.0 Å². The Morgan fingerprint density at radius 1 is 1.36 bits per heavy atom. The molecule has 2 aromatic heterocycles. The third kappa shape index (κ3) is 2.79. The molecule has 3 aromatic rings. The minimum absolute atomic E-state index is 0.0581. The van der Waals surface area contributed by atoms with Gasteiger partial charge in [-0.05, 0) is 44.9 Å². The number of carbonyl (C=O) groups excluding carboxylic acids is 1. The molecule has 4 rings (SSSR count). The van der Waals surface area contributed by atoms with Crippen LogP contribution in [-0.2, 0) is 6.54 Å². The van der Waals surface area contributed by atoms with Crippen molar-refractivity contribution in [3.05, 3.63) is 47.3 Å². The molecule has 1 atom stereocenters. The zero-order valence-corrected chi connectivity index (χ0v) is 14.3. The first-order chi connectivity index (χ1) is 12.0. The van der Waals surface area contributed by atoms with Crippen molar-refractivity contribution in [1.82, 2.24) is 24.6 Å². The second-order valence-electron chi connectivity index (χ2n) is 6.66. The number of fused-ring (bicyclic) bond motifs is 1. The van der Waals surface area contributed by atoms with E-state index >= 15 is 0 Å². The van der Waals surface area contributed by atoms with Gasteiger partial charge in [-0.1, -0.05) is 0 Å². The fraction of sp³-hybridized carbons (Fsp3) is 0.389. The molecule has 3 heterocycles. The van der Waals surface area contributed by atoms with Crippen LogP contribution < -0.4 is 0 Å². The van der Waals surface area contributed by atoms with E-state index < -0.39 is 5.82 Å². The van der Waals surface area contributed by atoms with Gasteiger partial charge in [0.05, 0.1) is 35.7 Å². The molecule has 1 aromatic carbocycles. The van der Waals surface area contributed by atoms with Gasteiger partial charge in [0.2, 0.25) is 0 Å². The molecule has 0 radical (unpaired) electrons. The van der Waals surface area contributed by atoms with Crippen LogP contribution in [0.3, 0.4) is 0 Å². The quantitative estimate of drug-likeness (QED) is 0.796. The molecule has 1 saturated heterocycles. The number of amides is 1. The smallest absolute Gasteiger partial charge is 0.256 e. The summed E-state index contributed by atoms with van der Waals surface area (Å²) in [4.78, 5) is 22.0. The Morgan fingerprint density at radius 3 is 2.96 bits per heavy atom. The molecule has 0 unspecified atom stereocenters. The van der Waals surface area contributed by atoms with E-state index in [4.69, 9.17) is 0 Å². The number of rotatable bonds is 3. The molecular formula is C18H20FN5O. The van der Waals surface area contributed by atoms with Gasteiger partial charge < -0.3 is 9.88 Å². The Morgan fingerprint density at radius 2 is 2.20 bits per heavy atom. The number of aryl methyl sites for hydroxylation is 2. The number of carbonyl (C=O) groups is 1. The predicted molar refractivity (Wildman–Crippen MR) is 91.8 cm³/mol. The summed E-state index contributed by atoms with van der Waals surface area (Å²) in [5, 5.41) is 4.50. The molecule has 1 aliphatic heterocycles. The summed E-state index contributed by atoms with van der Waals surface area (Å²) in [7, 11) is 0. The fourth-order valence-corrected chi connectivity index (χ4v) is 3.68. The Labute approximate surface area is 144 Å². The van der Waals surface area contributed by atoms with Crippen molar-refractivity contribution in [3.8, 4) is 0 Å². The number of aromatic nitrogens is 4. The molecule has 130 valence electrons. The van der Waals surface area contributed by atoms with Crippen LogP contribution in [0.2, 0.25) is 0 Å². The van der Waals surface area contributed by atoms with Gasteiger partial charge in [-0.2, -0.15) is 5.10 Å². The van der Waals surface area contributed by atoms with Crippen molar-refractivity contribution in [2.45, 2.75) is 39.3 Å². The highest BCUT2D eigenvalue weighted by Crippen LogP contribution is 2.25. The van der Waals surface area contributed by atoms with Crippen LogP contribution in [-0.4, -0.2) is 43.1 Å². The van der Waals surface area contributed by atoms with Crippen LogP contribution in [0.1, 0.15) is 34.6 Å². The lowest BCUT2D eigenvalue weighted by Gasteiger charge is -2.25. The van der Waals surface area contributed by atoms with Gasteiger partial charge in [-0.25, -0.2) is 9.37 Å². The predicted octanol–water partition coefficient (Wildman–Crippen LogP) is 2.82. The first-order valence-electron chi connectivity index (χ1n) is 8.47. The molecule has 0 spiro atoms. The fourth-order valence-electron chi connectivity index (χ4n) is 3.68. The maximum atomic E-state index is 13.9. The second-order valence-corrected chi connectivity index (χ2v) is 6.66. The number of nitrogens with zero attached hydrogens (tertiary/aromatic N) is 4. The second kappa shape index (κ2) is 5.98. The number of halogens is 1. The minimum Gasteiger partial charge on any atom is -0.344 e. The summed E-state index contributed by atoms with van der Waals surface area (Å²) >= 11 is 0. The van der Waals surface area contributed by atoms with Crippen molar-refractivity contribution in [3.63, 3.8) is 0 Å². The SMILES string of the molecule is Cc1cc(C)n(C[C@H]2CCCN2C(=O)c2cc(F)cc3[nH]cnc23)n1. The molecular weight excluding hydrogens is 321 g/mol. The average Bonchev–Trinajstić information content (AvgIpc) is 3.27. The molecule has 1 aliphatic rings. The molecule has 1 amide bonds. The van der Waals surface area contributed by atoms with Crippen molar-refractivity contribution in [1.29, 1.82) is 0 Å². The average molecular weight is 341 g/mol. The number of imidazole rings is 1. The van der Waals surface area contributed by atoms with Crippen molar-refractivity contribution < 1.29 is 9.18 Å². The number of H-pyrrole nitrogens is 1. The molecule has 0 aliphatic carbocycles. The monoisotopic (exact) mass is 341 g/mol. The number of likely N-dealkylation sites (tertiary alicyclic amines) is 1. The molecule has 25 heavy (non-hydrogen) atoms. The van der Waals surface area contributed by atoms with Crippen molar-refractivity contribution >= 4 is 16.9 Å². The molecule has 1 fully saturated rings. The maximum absolute atomic E-state index is 13.9. The number of aromatic amines is 1. The lowest BCUT2D eigenvalue weighted by Crippen LogP contribution is -2.38. The van der Waals surface area contributed by atoms with E-state index in [9.17, 15) is 9.18 Å². The summed E-state index contributed by atoms with van der Waals surface area (Å²) in [6, 6.07) is 4.73. The zero-order chi connectivity index (χ0) is 17.6. The Balaban J connectivity index is 1.64. The van der Waals surface area contributed by atoms with Gasteiger partial charge in [-0.15, -0.1) is 0 Å². The van der Waals surface area contributed by atoms with E-state index in [2.05, 4.69) is 15.1 Å². The first-order valence-corrected chi connectivity index (χ1v) is 8.47. The maximum Gasteiger partial charge on any atom is 0.256 e. The molecule has 0 bridgehead atoms. The van der Waals surface area contributed by atoms with E-state index in [-0.39, 0.29) is 11.9 Å². The summed E-state index contributed by atoms with van der Waals surface area (Å²) < 4.78 is 15.8. The highest BCUT2D eigenvalue weighted by atomic mass is 19.1. The number of hydrogen-bond acceptors (Lipinski definition) is 3. The minimum atomic E-state index is -0.436. The first kappa shape index (κ1) is 15.8. The van der Waals surface area contributed by atoms with E-state index in [0.29, 0.717) is 29.7 Å². The molecule has 1 N–H and O–H groups in total. The largest absolute Gasteiger partial charge is 0.344 e. The summed E-state index contributed by atoms with van der Waals surface area (Å²) in [6.07, 6.45) is 3.34. The number of hydrogen-bond donors (Lipinski definition) is 1. The lowest BCUT2D eigenvalue weighted by atomic mass is 10.1. The highest BCUT2D eigenvalue weighted by molar-refractivity contribution is 6.05. The molecule has 7 heteroatoms. The van der Waals surface area contributed by atoms with Crippen molar-refractivity contribution in [2.24, 2.45) is 0 Å². The van der Waals surface area contributed by atoms with E-state index in [1.54, 1.807) is 0 Å². The number of benzene rings is 1. The van der Waals surface area contributed by atoms with Gasteiger partial charge in [0.25, 0.3) is 5.91 Å². The third-order valence-electron chi connectivity index (χ3n) is 4.84. The van der Waals surface area contributed by atoms with Gasteiger partial charge in [0.15, 0.2) is 0 Å². The van der Waals surface area contributed by atoms with Gasteiger partial charge in [0, 0.05) is 12.2 Å². The van der Waals surface area contributed by atoms with Crippen molar-refractivity contribution in [2.75, 3.05) is 6.54 Å². The van der Waals surface area contributed by atoms with Crippen LogP contribution >= 0.6 is 0 Å². The zero-order valence-electron chi connectivity index (χ0n) is 14.3. The van der Waals surface area contributed by atoms with Crippen LogP contribution in [0.4, 0.5) is 4.39 Å². The summed E-state index contributed by atoms with van der Waals surface area (Å²) in [5.41, 5.74) is 3.42. The number of nitrogens with one attached hydrogen (secondary N) is 1. The van der Waals surface area contributed by atoms with E-state index in [0.717, 1.165) is 24.2 Å². The standard InChI is InChI=1S/C18H20FN5O/c1-11-6-12(2)24(22-11)9-14-4-3-5-23(14)18(25)15-7-13(19)8-16-17(15)21-10-20-16/h6-8,10,14H,3-5,9H2,1-2H3,(H,20,21)/t14-/m1/s1. The highest BCUT2D eigenvalue weighted by Gasteiger charge is 2.31. The Bertz CT molecular complexity index is 944. The topological polar surface area (TPSA) is 66.8 Å². The lowest BCUT2D eigenvalue weighted by molar-refractivity contribution is 0.0722. The van der Waals surface area contributed by atoms with Gasteiger partial charge >= 0.3 is 0 Å². The molecule has 6 nitrogen and oxygen atoms in total.